The highest BCUT2D eigenvalue weighted by atomic mass is 35.5. The number of thiophene rings is 1. The molecule has 0 radical (unpaired) electrons. The normalized spacial score (nSPS) is 16.2. The van der Waals surface area contributed by atoms with Crippen molar-refractivity contribution >= 4 is 40.6 Å². The first-order chi connectivity index (χ1) is 13.3. The number of hydrazone groups is 1. The van der Waals surface area contributed by atoms with E-state index in [0.717, 1.165) is 16.2 Å². The van der Waals surface area contributed by atoms with Crippen LogP contribution in [-0.2, 0) is 4.79 Å². The molecule has 1 aromatic carbocycles. The van der Waals surface area contributed by atoms with Crippen molar-refractivity contribution in [2.45, 2.75) is 32.4 Å². The van der Waals surface area contributed by atoms with Crippen LogP contribution in [-0.4, -0.2) is 47.2 Å². The summed E-state index contributed by atoms with van der Waals surface area (Å²) in [6, 6.07) is 10.9. The minimum atomic E-state index is -0.284. The van der Waals surface area contributed by atoms with E-state index in [1.54, 1.807) is 18.4 Å². The third kappa shape index (κ3) is 4.72. The van der Waals surface area contributed by atoms with Gasteiger partial charge in [-0.25, -0.2) is 9.80 Å². The zero-order valence-corrected chi connectivity index (χ0v) is 17.6. The highest BCUT2D eigenvalue weighted by Crippen LogP contribution is 2.34. The number of rotatable bonds is 5. The van der Waals surface area contributed by atoms with Gasteiger partial charge in [0, 0.05) is 24.5 Å². The molecule has 6 nitrogen and oxygen atoms in total. The van der Waals surface area contributed by atoms with Gasteiger partial charge in [0.25, 0.3) is 5.91 Å². The summed E-state index contributed by atoms with van der Waals surface area (Å²) in [7, 11) is 1.60. The predicted octanol–water partition coefficient (Wildman–Crippen LogP) is 4.13. The molecule has 8 heteroatoms. The number of carbonyl (C=O) groups is 2. The Kier molecular flexibility index (Phi) is 6.36. The number of hydrogen-bond donors (Lipinski definition) is 1. The Hall–Kier alpha value is -2.38. The average Bonchev–Trinajstić information content (AvgIpc) is 3.31. The molecular formula is C20H23ClN4O2S. The number of nitrogens with zero attached hydrogens (tertiary/aromatic N) is 3. The fourth-order valence-corrected chi connectivity index (χ4v) is 3.83. The Morgan fingerprint density at radius 3 is 2.64 bits per heavy atom. The van der Waals surface area contributed by atoms with Crippen LogP contribution in [0.1, 0.15) is 36.8 Å². The van der Waals surface area contributed by atoms with E-state index in [0.29, 0.717) is 11.4 Å². The zero-order valence-electron chi connectivity index (χ0n) is 16.1. The van der Waals surface area contributed by atoms with Crippen molar-refractivity contribution in [2.24, 2.45) is 5.10 Å². The van der Waals surface area contributed by atoms with Gasteiger partial charge < -0.3 is 10.2 Å². The number of hydrogen-bond acceptors (Lipinski definition) is 4. The molecule has 148 valence electrons. The van der Waals surface area contributed by atoms with Gasteiger partial charge in [0.05, 0.1) is 16.6 Å². The van der Waals surface area contributed by atoms with Crippen LogP contribution >= 0.6 is 22.9 Å². The molecule has 28 heavy (non-hydrogen) atoms. The molecule has 1 aliphatic heterocycles. The maximum atomic E-state index is 13.0. The van der Waals surface area contributed by atoms with E-state index in [9.17, 15) is 9.59 Å². The fraction of sp³-hybridized carbons (Fsp3) is 0.350. The van der Waals surface area contributed by atoms with Crippen molar-refractivity contribution in [3.63, 3.8) is 0 Å². The molecular weight excluding hydrogens is 396 g/mol. The van der Waals surface area contributed by atoms with Gasteiger partial charge in [0.1, 0.15) is 6.54 Å². The van der Waals surface area contributed by atoms with Gasteiger partial charge in [-0.05, 0) is 43.0 Å². The number of carbonyl (C=O) groups excluding carboxylic acids is 2. The van der Waals surface area contributed by atoms with Crippen LogP contribution < -0.4 is 5.32 Å². The van der Waals surface area contributed by atoms with Crippen LogP contribution in [0.2, 0.25) is 5.02 Å². The molecule has 1 aromatic heterocycles. The van der Waals surface area contributed by atoms with E-state index in [2.05, 4.69) is 10.4 Å². The van der Waals surface area contributed by atoms with Crippen molar-refractivity contribution < 1.29 is 9.59 Å². The maximum Gasteiger partial charge on any atom is 0.317 e. The molecule has 1 N–H and O–H groups in total. The second-order valence-electron chi connectivity index (χ2n) is 6.99. The zero-order chi connectivity index (χ0) is 20.3. The smallest absolute Gasteiger partial charge is 0.317 e. The SMILES string of the molecule is CC(C)NC(=O)N(C)CC(=O)N1N=C(c2cccs2)CC1c1ccc(Cl)cc1. The summed E-state index contributed by atoms with van der Waals surface area (Å²) in [6.45, 7) is 3.70. The highest BCUT2D eigenvalue weighted by molar-refractivity contribution is 7.12. The molecule has 0 spiro atoms. The van der Waals surface area contributed by atoms with Crippen LogP contribution in [0.4, 0.5) is 4.79 Å². The van der Waals surface area contributed by atoms with Gasteiger partial charge in [0.15, 0.2) is 0 Å². The summed E-state index contributed by atoms with van der Waals surface area (Å²) in [4.78, 5) is 27.5. The Morgan fingerprint density at radius 2 is 2.04 bits per heavy atom. The number of benzene rings is 1. The molecule has 2 heterocycles. The molecule has 0 saturated carbocycles. The van der Waals surface area contributed by atoms with Gasteiger partial charge in [-0.3, -0.25) is 4.79 Å². The third-order valence-corrected chi connectivity index (χ3v) is 5.53. The number of urea groups is 1. The van der Waals surface area contributed by atoms with E-state index in [-0.39, 0.29) is 30.6 Å². The van der Waals surface area contributed by atoms with Gasteiger partial charge in [-0.2, -0.15) is 5.10 Å². The predicted molar refractivity (Wildman–Crippen MR) is 113 cm³/mol. The van der Waals surface area contributed by atoms with Crippen molar-refractivity contribution in [1.82, 2.24) is 15.2 Å². The highest BCUT2D eigenvalue weighted by Gasteiger charge is 2.34. The summed E-state index contributed by atoms with van der Waals surface area (Å²) < 4.78 is 0. The molecule has 3 amide bonds. The first-order valence-electron chi connectivity index (χ1n) is 9.05. The quantitative estimate of drug-likeness (QED) is 0.793. The van der Waals surface area contributed by atoms with Crippen LogP contribution in [0.15, 0.2) is 46.9 Å². The molecule has 1 aliphatic rings. The Bertz CT molecular complexity index is 865. The molecule has 3 rings (SSSR count). The monoisotopic (exact) mass is 418 g/mol. The largest absolute Gasteiger partial charge is 0.336 e. The van der Waals surface area contributed by atoms with Crippen LogP contribution in [0.3, 0.4) is 0 Å². The molecule has 1 unspecified atom stereocenters. The summed E-state index contributed by atoms with van der Waals surface area (Å²) in [5, 5.41) is 11.5. The second-order valence-corrected chi connectivity index (χ2v) is 8.38. The number of nitrogens with one attached hydrogen (secondary N) is 1. The van der Waals surface area contributed by atoms with Crippen LogP contribution in [0.25, 0.3) is 0 Å². The minimum absolute atomic E-state index is 0.00195. The molecule has 0 fully saturated rings. The lowest BCUT2D eigenvalue weighted by Crippen LogP contribution is -2.45. The number of amides is 3. The summed E-state index contributed by atoms with van der Waals surface area (Å²) in [5.74, 6) is -0.229. The fourth-order valence-electron chi connectivity index (χ4n) is 2.98. The van der Waals surface area contributed by atoms with Crippen LogP contribution in [0.5, 0.6) is 0 Å². The minimum Gasteiger partial charge on any atom is -0.336 e. The van der Waals surface area contributed by atoms with Crippen molar-refractivity contribution in [3.05, 3.63) is 57.2 Å². The Balaban J connectivity index is 1.81. The standard InChI is InChI=1S/C20H23ClN4O2S/c1-13(2)22-20(27)24(3)12-19(26)25-17(14-6-8-15(21)9-7-14)11-16(23-25)18-5-4-10-28-18/h4-10,13,17H,11-12H2,1-3H3,(H,22,27). The molecule has 2 aromatic rings. The Morgan fingerprint density at radius 1 is 1.32 bits per heavy atom. The van der Waals surface area contributed by atoms with Gasteiger partial charge in [0.2, 0.25) is 0 Å². The summed E-state index contributed by atoms with van der Waals surface area (Å²) in [5.41, 5.74) is 1.83. The van der Waals surface area contributed by atoms with E-state index < -0.39 is 0 Å². The summed E-state index contributed by atoms with van der Waals surface area (Å²) in [6.07, 6.45) is 0.621. The number of likely N-dealkylation sites (N-methyl/N-ethyl adjacent to an activating group) is 1. The molecule has 0 aliphatic carbocycles. The topological polar surface area (TPSA) is 65.0 Å². The van der Waals surface area contributed by atoms with E-state index in [4.69, 9.17) is 11.6 Å². The average molecular weight is 419 g/mol. The van der Waals surface area contributed by atoms with E-state index in [1.165, 1.54) is 9.91 Å². The summed E-state index contributed by atoms with van der Waals surface area (Å²) >= 11 is 7.61. The van der Waals surface area contributed by atoms with Crippen molar-refractivity contribution in [1.29, 1.82) is 0 Å². The van der Waals surface area contributed by atoms with Gasteiger partial charge in [-0.1, -0.05) is 29.8 Å². The van der Waals surface area contributed by atoms with Crippen LogP contribution in [0, 0.1) is 0 Å². The maximum absolute atomic E-state index is 13.0. The second kappa shape index (κ2) is 8.75. The first-order valence-corrected chi connectivity index (χ1v) is 10.3. The third-order valence-electron chi connectivity index (χ3n) is 4.36. The molecule has 0 saturated heterocycles. The lowest BCUT2D eigenvalue weighted by atomic mass is 10.0. The number of halogens is 1. The van der Waals surface area contributed by atoms with Crippen molar-refractivity contribution in [2.75, 3.05) is 13.6 Å². The molecule has 0 bridgehead atoms. The van der Waals surface area contributed by atoms with E-state index in [1.807, 2.05) is 55.6 Å². The lowest BCUT2D eigenvalue weighted by molar-refractivity contribution is -0.133. The lowest BCUT2D eigenvalue weighted by Gasteiger charge is -2.25. The van der Waals surface area contributed by atoms with Gasteiger partial charge >= 0.3 is 6.03 Å². The van der Waals surface area contributed by atoms with Gasteiger partial charge in [-0.15, -0.1) is 11.3 Å². The van der Waals surface area contributed by atoms with E-state index >= 15 is 0 Å². The molecule has 1 atom stereocenters. The van der Waals surface area contributed by atoms with Crippen molar-refractivity contribution in [3.8, 4) is 0 Å². The Labute approximate surface area is 173 Å². The first kappa shape index (κ1) is 20.4.